The highest BCUT2D eigenvalue weighted by atomic mass is 32.2. The van der Waals surface area contributed by atoms with Crippen molar-refractivity contribution < 1.29 is 26.4 Å². The van der Waals surface area contributed by atoms with E-state index in [4.69, 9.17) is 5.26 Å². The van der Waals surface area contributed by atoms with Gasteiger partial charge in [0.15, 0.2) is 0 Å². The number of sulfonamides is 1. The van der Waals surface area contributed by atoms with E-state index in [1.165, 1.54) is 12.1 Å². The number of benzene rings is 1. The molecule has 0 spiro atoms. The van der Waals surface area contributed by atoms with Gasteiger partial charge in [-0.15, -0.1) is 0 Å². The fourth-order valence-corrected chi connectivity index (χ4v) is 7.38. The maximum atomic E-state index is 13.2. The van der Waals surface area contributed by atoms with Gasteiger partial charge < -0.3 is 0 Å². The predicted molar refractivity (Wildman–Crippen MR) is 85.5 cm³/mol. The molecule has 2 aliphatic carbocycles. The molecule has 0 radical (unpaired) electrons. The lowest BCUT2D eigenvalue weighted by Crippen LogP contribution is -2.46. The fourth-order valence-electron chi connectivity index (χ4n) is 4.93. The van der Waals surface area contributed by atoms with Crippen LogP contribution in [0.1, 0.15) is 30.9 Å². The van der Waals surface area contributed by atoms with E-state index in [1.54, 1.807) is 6.92 Å². The second-order valence-electron chi connectivity index (χ2n) is 7.38. The summed E-state index contributed by atoms with van der Waals surface area (Å²) >= 11 is 0. The Labute approximate surface area is 148 Å². The second kappa shape index (κ2) is 5.00. The summed E-state index contributed by atoms with van der Waals surface area (Å²) in [6, 6.07) is 4.41. The molecule has 1 saturated heterocycles. The Morgan fingerprint density at radius 2 is 2.04 bits per heavy atom. The quantitative estimate of drug-likeness (QED) is 0.746. The van der Waals surface area contributed by atoms with Crippen molar-refractivity contribution in [2.45, 2.75) is 30.7 Å². The molecule has 26 heavy (non-hydrogen) atoms. The van der Waals surface area contributed by atoms with E-state index in [1.807, 2.05) is 0 Å². The molecule has 0 aromatic heterocycles. The van der Waals surface area contributed by atoms with Crippen molar-refractivity contribution in [3.63, 3.8) is 0 Å². The molecule has 3 aliphatic rings. The number of Topliss-reactive ketones (excluding diaryl/α,β-unsaturated/α-hetero) is 1. The van der Waals surface area contributed by atoms with E-state index < -0.39 is 38.0 Å². The van der Waals surface area contributed by atoms with Crippen molar-refractivity contribution >= 4 is 21.5 Å². The zero-order valence-corrected chi connectivity index (χ0v) is 14.6. The number of rotatable bonds is 1. The van der Waals surface area contributed by atoms with Crippen LogP contribution >= 0.6 is 0 Å². The second-order valence-corrected chi connectivity index (χ2v) is 9.65. The molecule has 1 aromatic carbocycles. The number of alkyl halides is 3. The first-order valence-electron chi connectivity index (χ1n) is 8.18. The van der Waals surface area contributed by atoms with Gasteiger partial charge in [0.2, 0.25) is 10.0 Å². The van der Waals surface area contributed by atoms with Gasteiger partial charge in [0, 0.05) is 24.8 Å². The van der Waals surface area contributed by atoms with Crippen LogP contribution in [0.15, 0.2) is 18.2 Å². The first kappa shape index (κ1) is 17.3. The van der Waals surface area contributed by atoms with Crippen molar-refractivity contribution in [3.8, 4) is 6.07 Å². The summed E-state index contributed by atoms with van der Waals surface area (Å²) in [5, 5.41) is 8.90. The number of hydrogen-bond acceptors (Lipinski definition) is 4. The fraction of sp³-hybridized carbons (Fsp3) is 0.529. The number of fused-ring (bicyclic) bond motifs is 5. The zero-order valence-electron chi connectivity index (χ0n) is 13.7. The topological polar surface area (TPSA) is 78.2 Å². The number of nitriles is 1. The number of hydrogen-bond donors (Lipinski definition) is 0. The van der Waals surface area contributed by atoms with Crippen molar-refractivity contribution in [3.05, 3.63) is 29.3 Å². The van der Waals surface area contributed by atoms with Crippen LogP contribution in [0.5, 0.6) is 0 Å². The zero-order chi connectivity index (χ0) is 19.1. The molecule has 1 heterocycles. The maximum Gasteiger partial charge on any atom is 0.417 e. The molecule has 2 saturated carbocycles. The summed E-state index contributed by atoms with van der Waals surface area (Å²) in [6.07, 6.45) is -4.01. The van der Waals surface area contributed by atoms with Gasteiger partial charge in [0.05, 0.1) is 27.6 Å². The third-order valence-electron chi connectivity index (χ3n) is 6.36. The monoisotopic (exact) mass is 384 g/mol. The Hall–Kier alpha value is -2.08. The summed E-state index contributed by atoms with van der Waals surface area (Å²) in [4.78, 5) is 12.0. The van der Waals surface area contributed by atoms with Gasteiger partial charge in [-0.3, -0.25) is 9.10 Å². The molecule has 0 amide bonds. The molecule has 138 valence electrons. The van der Waals surface area contributed by atoms with Crippen LogP contribution in [0.4, 0.5) is 18.9 Å². The average molecular weight is 384 g/mol. The SMILES string of the molecule is C[C@@]12[C@H]3CC(=O)[C@H](C3)[C@@H]1CN(c1ccc(C#N)c(C(F)(F)F)c1)S2(=O)=O. The summed E-state index contributed by atoms with van der Waals surface area (Å²) in [5.74, 6) is -1.00. The minimum absolute atomic E-state index is 0.00502. The van der Waals surface area contributed by atoms with Crippen molar-refractivity contribution in [1.82, 2.24) is 0 Å². The maximum absolute atomic E-state index is 13.2. The van der Waals surface area contributed by atoms with Crippen molar-refractivity contribution in [1.29, 1.82) is 5.26 Å². The molecule has 0 N–H and O–H groups in total. The van der Waals surface area contributed by atoms with Crippen molar-refractivity contribution in [2.24, 2.45) is 17.8 Å². The van der Waals surface area contributed by atoms with Gasteiger partial charge >= 0.3 is 6.18 Å². The number of carbonyl (C=O) groups is 1. The van der Waals surface area contributed by atoms with Crippen LogP contribution in [0.3, 0.4) is 0 Å². The molecule has 5 nitrogen and oxygen atoms in total. The highest BCUT2D eigenvalue weighted by molar-refractivity contribution is 7.94. The molecule has 1 aromatic rings. The molecule has 4 atom stereocenters. The molecule has 1 aliphatic heterocycles. The van der Waals surface area contributed by atoms with Crippen LogP contribution in [0, 0.1) is 29.1 Å². The number of nitrogens with zero attached hydrogens (tertiary/aromatic N) is 2. The first-order chi connectivity index (χ1) is 12.0. The molecule has 2 bridgehead atoms. The van der Waals surface area contributed by atoms with Gasteiger partial charge in [-0.2, -0.15) is 18.4 Å². The van der Waals surface area contributed by atoms with Crippen LogP contribution < -0.4 is 4.31 Å². The minimum atomic E-state index is -4.76. The lowest BCUT2D eigenvalue weighted by Gasteiger charge is -2.32. The number of carbonyl (C=O) groups excluding carboxylic acids is 1. The van der Waals surface area contributed by atoms with Crippen LogP contribution in [0.2, 0.25) is 0 Å². The highest BCUT2D eigenvalue weighted by Crippen LogP contribution is 2.61. The lowest BCUT2D eigenvalue weighted by molar-refractivity contribution is -0.137. The third kappa shape index (κ3) is 1.96. The van der Waals surface area contributed by atoms with Gasteiger partial charge in [-0.25, -0.2) is 8.42 Å². The normalized spacial score (nSPS) is 34.8. The number of halogens is 3. The van der Waals surface area contributed by atoms with E-state index in [2.05, 4.69) is 0 Å². The smallest absolute Gasteiger partial charge is 0.299 e. The molecular weight excluding hydrogens is 369 g/mol. The molecular formula is C17H15F3N2O3S. The summed E-state index contributed by atoms with van der Waals surface area (Å²) in [7, 11) is -3.92. The Morgan fingerprint density at radius 3 is 2.65 bits per heavy atom. The molecule has 9 heteroatoms. The highest BCUT2D eigenvalue weighted by Gasteiger charge is 2.70. The van der Waals surface area contributed by atoms with Crippen LogP contribution in [0.25, 0.3) is 0 Å². The Morgan fingerprint density at radius 1 is 1.35 bits per heavy atom. The van der Waals surface area contributed by atoms with Gasteiger partial charge in [-0.05, 0) is 37.5 Å². The first-order valence-corrected chi connectivity index (χ1v) is 9.62. The minimum Gasteiger partial charge on any atom is -0.299 e. The third-order valence-corrected chi connectivity index (χ3v) is 9.05. The van der Waals surface area contributed by atoms with E-state index in [0.29, 0.717) is 12.5 Å². The van der Waals surface area contributed by atoms with Crippen LogP contribution in [-0.4, -0.2) is 25.5 Å². The largest absolute Gasteiger partial charge is 0.417 e. The van der Waals surface area contributed by atoms with E-state index in [9.17, 15) is 26.4 Å². The lowest BCUT2D eigenvalue weighted by atomic mass is 9.79. The van der Waals surface area contributed by atoms with E-state index in [-0.39, 0.29) is 36.3 Å². The molecule has 3 fully saturated rings. The van der Waals surface area contributed by atoms with Crippen LogP contribution in [-0.2, 0) is 21.0 Å². The summed E-state index contributed by atoms with van der Waals surface area (Å²) in [6.45, 7) is 1.60. The Bertz CT molecular complexity index is 966. The standard InChI is InChI=1S/C17H15F3N2O3S/c1-16-10-4-12(15(23)5-10)14(16)8-22(26(16,24)25)11-3-2-9(7-21)13(6-11)17(18,19)20/h2-3,6,10,12,14H,4-5,8H2,1H3/t10-,12-,14+,16-/m1/s1. The summed E-state index contributed by atoms with van der Waals surface area (Å²) in [5.41, 5.74) is -1.83. The predicted octanol–water partition coefficient (Wildman–Crippen LogP) is 2.71. The van der Waals surface area contributed by atoms with Gasteiger partial charge in [0.25, 0.3) is 0 Å². The van der Waals surface area contributed by atoms with Gasteiger partial charge in [0.1, 0.15) is 5.78 Å². The average Bonchev–Trinajstić information content (AvgIpc) is 3.13. The van der Waals surface area contributed by atoms with Crippen molar-refractivity contribution in [2.75, 3.05) is 10.8 Å². The van der Waals surface area contributed by atoms with Gasteiger partial charge in [-0.1, -0.05) is 0 Å². The van der Waals surface area contributed by atoms with E-state index >= 15 is 0 Å². The van der Waals surface area contributed by atoms with E-state index in [0.717, 1.165) is 10.4 Å². The Balaban J connectivity index is 1.82. The molecule has 4 rings (SSSR count). The molecule has 0 unspecified atom stereocenters. The Kier molecular flexibility index (Phi) is 3.34. The number of anilines is 1. The summed E-state index contributed by atoms with van der Waals surface area (Å²) < 4.78 is 65.9. The number of ketones is 1.